The van der Waals surface area contributed by atoms with Crippen molar-refractivity contribution in [3.8, 4) is 5.75 Å². The molecule has 9 heteroatoms. The lowest BCUT2D eigenvalue weighted by Gasteiger charge is -2.28. The maximum Gasteiger partial charge on any atom is 0.292 e. The summed E-state index contributed by atoms with van der Waals surface area (Å²) in [5.74, 6) is 0.297. The Labute approximate surface area is 151 Å². The normalized spacial score (nSPS) is 25.3. The minimum atomic E-state index is -3.65. The van der Waals surface area contributed by atoms with Crippen LogP contribution in [0.5, 0.6) is 5.75 Å². The summed E-state index contributed by atoms with van der Waals surface area (Å²) in [4.78, 5) is 14.4. The Balaban J connectivity index is 1.63. The molecule has 0 unspecified atom stereocenters. The third-order valence-corrected chi connectivity index (χ3v) is 6.92. The second-order valence-corrected chi connectivity index (χ2v) is 8.40. The highest BCUT2D eigenvalue weighted by Crippen LogP contribution is 2.35. The number of hydrogen-bond acceptors (Lipinski definition) is 6. The molecular formula is C17H19N3O5S. The van der Waals surface area contributed by atoms with E-state index in [1.54, 1.807) is 36.2 Å². The fraction of sp³-hybridized carbons (Fsp3) is 0.412. The summed E-state index contributed by atoms with van der Waals surface area (Å²) in [6.45, 7) is 0.872. The summed E-state index contributed by atoms with van der Waals surface area (Å²) < 4.78 is 38.3. The highest BCUT2D eigenvalue weighted by Gasteiger charge is 2.41. The molecule has 8 nitrogen and oxygen atoms in total. The molecule has 2 aliphatic rings. The van der Waals surface area contributed by atoms with E-state index in [1.807, 2.05) is 0 Å². The van der Waals surface area contributed by atoms with E-state index in [4.69, 9.17) is 9.26 Å². The van der Waals surface area contributed by atoms with Gasteiger partial charge in [-0.25, -0.2) is 8.42 Å². The zero-order chi connectivity index (χ0) is 18.3. The predicted molar refractivity (Wildman–Crippen MR) is 91.2 cm³/mol. The van der Waals surface area contributed by atoms with Crippen molar-refractivity contribution in [3.63, 3.8) is 0 Å². The van der Waals surface area contributed by atoms with Crippen LogP contribution in [0.25, 0.3) is 0 Å². The van der Waals surface area contributed by atoms with Gasteiger partial charge in [-0.15, -0.1) is 0 Å². The number of amides is 1. The Hall–Kier alpha value is -2.39. The minimum Gasteiger partial charge on any atom is -0.487 e. The summed E-state index contributed by atoms with van der Waals surface area (Å²) >= 11 is 0. The number of likely N-dealkylation sites (N-methyl/N-ethyl adjacent to an activating group) is 1. The molecule has 2 aromatic rings. The lowest BCUT2D eigenvalue weighted by Crippen LogP contribution is -2.44. The van der Waals surface area contributed by atoms with Gasteiger partial charge in [0.2, 0.25) is 15.8 Å². The van der Waals surface area contributed by atoms with Crippen LogP contribution in [0.2, 0.25) is 0 Å². The van der Waals surface area contributed by atoms with Crippen LogP contribution >= 0.6 is 0 Å². The number of carbonyl (C=O) groups is 1. The predicted octanol–water partition coefficient (Wildman–Crippen LogP) is 1.36. The van der Waals surface area contributed by atoms with Gasteiger partial charge in [0.25, 0.3) is 5.91 Å². The molecule has 26 heavy (non-hydrogen) atoms. The van der Waals surface area contributed by atoms with Crippen molar-refractivity contribution >= 4 is 15.9 Å². The Bertz CT molecular complexity index is 912. The van der Waals surface area contributed by atoms with Crippen molar-refractivity contribution < 1.29 is 22.5 Å². The number of benzene rings is 1. The van der Waals surface area contributed by atoms with Crippen molar-refractivity contribution in [2.75, 3.05) is 20.1 Å². The molecule has 0 radical (unpaired) electrons. The number of ether oxygens (including phenoxy) is 1. The van der Waals surface area contributed by atoms with Gasteiger partial charge in [0.05, 0.1) is 12.2 Å². The Morgan fingerprint density at radius 1 is 1.19 bits per heavy atom. The zero-order valence-corrected chi connectivity index (χ0v) is 15.1. The lowest BCUT2D eigenvalue weighted by molar-refractivity contribution is 0.0713. The Morgan fingerprint density at radius 3 is 2.73 bits per heavy atom. The molecule has 0 saturated carbocycles. The average Bonchev–Trinajstić information content (AvgIpc) is 3.07. The van der Waals surface area contributed by atoms with E-state index in [1.165, 1.54) is 16.6 Å². The van der Waals surface area contributed by atoms with Crippen LogP contribution in [0.3, 0.4) is 0 Å². The molecule has 3 heterocycles. The molecule has 1 aromatic heterocycles. The summed E-state index contributed by atoms with van der Waals surface area (Å²) in [6, 6.07) is 7.85. The number of carbonyl (C=O) groups excluding carboxylic acids is 1. The van der Waals surface area contributed by atoms with E-state index in [0.717, 1.165) is 0 Å². The van der Waals surface area contributed by atoms with Crippen LogP contribution < -0.4 is 4.74 Å². The zero-order valence-electron chi connectivity index (χ0n) is 14.2. The number of nitrogens with zero attached hydrogens (tertiary/aromatic N) is 3. The largest absolute Gasteiger partial charge is 0.487 e. The highest BCUT2D eigenvalue weighted by atomic mass is 32.2. The Kier molecular flexibility index (Phi) is 4.20. The Morgan fingerprint density at radius 2 is 1.96 bits per heavy atom. The maximum atomic E-state index is 12.9. The smallest absolute Gasteiger partial charge is 0.292 e. The topological polar surface area (TPSA) is 92.9 Å². The quantitative estimate of drug-likeness (QED) is 0.745. The van der Waals surface area contributed by atoms with E-state index in [-0.39, 0.29) is 28.7 Å². The molecule has 1 amide bonds. The monoisotopic (exact) mass is 377 g/mol. The standard InChI is InChI=1S/C17H19N3O5S/c1-19-12-7-10-20(17(21)15-6-9-18-25-15)11-8-13(12)24-14-4-2-3-5-16(14)26(19,22)23/h2-6,9,12-13H,7-8,10-11H2,1H3/t12-,13-/m1/s1. The van der Waals surface area contributed by atoms with Crippen molar-refractivity contribution in [2.45, 2.75) is 29.9 Å². The SMILES string of the molecule is CN1[C@@H]2CCN(C(=O)c3ccno3)CC[C@H]2Oc2ccccc2S1(=O)=O. The first-order valence-corrected chi connectivity index (χ1v) is 9.86. The van der Waals surface area contributed by atoms with Crippen molar-refractivity contribution in [2.24, 2.45) is 0 Å². The van der Waals surface area contributed by atoms with Gasteiger partial charge < -0.3 is 14.2 Å². The lowest BCUT2D eigenvalue weighted by atomic mass is 10.1. The van der Waals surface area contributed by atoms with Crippen LogP contribution in [0.1, 0.15) is 23.4 Å². The van der Waals surface area contributed by atoms with E-state index >= 15 is 0 Å². The third-order valence-electron chi connectivity index (χ3n) is 4.99. The molecule has 138 valence electrons. The molecule has 1 aromatic carbocycles. The first-order chi connectivity index (χ1) is 12.5. The molecule has 4 rings (SSSR count). The van der Waals surface area contributed by atoms with Gasteiger partial charge in [0, 0.05) is 32.6 Å². The van der Waals surface area contributed by atoms with E-state index in [9.17, 15) is 13.2 Å². The van der Waals surface area contributed by atoms with Gasteiger partial charge >= 0.3 is 0 Å². The van der Waals surface area contributed by atoms with Crippen molar-refractivity contribution in [1.29, 1.82) is 0 Å². The third kappa shape index (κ3) is 2.77. The second-order valence-electron chi connectivity index (χ2n) is 6.44. The van der Waals surface area contributed by atoms with Gasteiger partial charge in [-0.3, -0.25) is 4.79 Å². The number of likely N-dealkylation sites (tertiary alicyclic amines) is 1. The molecule has 0 spiro atoms. The molecular weight excluding hydrogens is 358 g/mol. The molecule has 2 atom stereocenters. The summed E-state index contributed by atoms with van der Waals surface area (Å²) in [5.41, 5.74) is 0. The van der Waals surface area contributed by atoms with E-state index in [2.05, 4.69) is 5.16 Å². The first kappa shape index (κ1) is 17.0. The van der Waals surface area contributed by atoms with Gasteiger partial charge in [0.15, 0.2) is 0 Å². The maximum absolute atomic E-state index is 12.9. The number of rotatable bonds is 1. The van der Waals surface area contributed by atoms with Gasteiger partial charge in [-0.1, -0.05) is 17.3 Å². The van der Waals surface area contributed by atoms with E-state index < -0.39 is 10.0 Å². The molecule has 2 aliphatic heterocycles. The van der Waals surface area contributed by atoms with Crippen LogP contribution in [-0.4, -0.2) is 61.0 Å². The van der Waals surface area contributed by atoms with Crippen LogP contribution in [0.4, 0.5) is 0 Å². The van der Waals surface area contributed by atoms with E-state index in [0.29, 0.717) is 31.7 Å². The summed E-state index contributed by atoms with van der Waals surface area (Å²) in [6.07, 6.45) is 2.11. The minimum absolute atomic E-state index is 0.180. The van der Waals surface area contributed by atoms with Crippen LogP contribution in [-0.2, 0) is 10.0 Å². The number of para-hydroxylation sites is 1. The molecule has 1 saturated heterocycles. The molecule has 0 bridgehead atoms. The van der Waals surface area contributed by atoms with Crippen LogP contribution in [0, 0.1) is 0 Å². The molecule has 0 aliphatic carbocycles. The molecule has 0 N–H and O–H groups in total. The number of fused-ring (bicyclic) bond motifs is 2. The second kappa shape index (κ2) is 6.40. The number of hydrogen-bond donors (Lipinski definition) is 0. The fourth-order valence-corrected chi connectivity index (χ4v) is 5.09. The van der Waals surface area contributed by atoms with Gasteiger partial charge in [0.1, 0.15) is 16.7 Å². The number of sulfonamides is 1. The van der Waals surface area contributed by atoms with Crippen molar-refractivity contribution in [1.82, 2.24) is 14.4 Å². The van der Waals surface area contributed by atoms with Crippen LogP contribution in [0.15, 0.2) is 45.9 Å². The van der Waals surface area contributed by atoms with Gasteiger partial charge in [-0.2, -0.15) is 4.31 Å². The fourth-order valence-electron chi connectivity index (χ4n) is 3.56. The average molecular weight is 377 g/mol. The molecule has 1 fully saturated rings. The summed E-state index contributed by atoms with van der Waals surface area (Å²) in [7, 11) is -2.07. The van der Waals surface area contributed by atoms with Crippen molar-refractivity contribution in [3.05, 3.63) is 42.3 Å². The summed E-state index contributed by atoms with van der Waals surface area (Å²) in [5, 5.41) is 3.57. The van der Waals surface area contributed by atoms with Gasteiger partial charge in [-0.05, 0) is 18.6 Å². The number of aromatic nitrogens is 1. The highest BCUT2D eigenvalue weighted by molar-refractivity contribution is 7.89. The first-order valence-electron chi connectivity index (χ1n) is 8.42.